The molecule has 0 radical (unpaired) electrons. The Morgan fingerprint density at radius 2 is 1.45 bits per heavy atom. The molecular formula is C18H16N2OS. The first-order chi connectivity index (χ1) is 10.7. The number of carbonyl (C=O) groups is 1. The molecule has 4 heteroatoms. The van der Waals surface area contributed by atoms with E-state index in [0.717, 1.165) is 17.1 Å². The molecule has 2 aromatic carbocycles. The predicted octanol–water partition coefficient (Wildman–Crippen LogP) is 5.05. The van der Waals surface area contributed by atoms with E-state index in [1.54, 1.807) is 0 Å². The molecule has 3 aromatic rings. The van der Waals surface area contributed by atoms with Gasteiger partial charge in [-0.05, 0) is 54.8 Å². The topological polar surface area (TPSA) is 41.1 Å². The highest BCUT2D eigenvalue weighted by Gasteiger charge is 2.06. The van der Waals surface area contributed by atoms with Crippen LogP contribution in [0.15, 0.2) is 66.0 Å². The van der Waals surface area contributed by atoms with Gasteiger partial charge in [0.25, 0.3) is 5.91 Å². The van der Waals surface area contributed by atoms with Crippen molar-refractivity contribution in [3.8, 4) is 0 Å². The summed E-state index contributed by atoms with van der Waals surface area (Å²) in [6, 6.07) is 19.6. The van der Waals surface area contributed by atoms with E-state index in [1.807, 2.05) is 53.9 Å². The number of carbonyl (C=O) groups excluding carboxylic acids is 1. The van der Waals surface area contributed by atoms with Crippen LogP contribution in [-0.4, -0.2) is 5.91 Å². The first-order valence-electron chi connectivity index (χ1n) is 6.99. The summed E-state index contributed by atoms with van der Waals surface area (Å²) < 4.78 is 0. The fraction of sp³-hybridized carbons (Fsp3) is 0.0556. The number of rotatable bonds is 4. The second kappa shape index (κ2) is 6.45. The highest BCUT2D eigenvalue weighted by atomic mass is 32.1. The zero-order valence-electron chi connectivity index (χ0n) is 12.2. The molecule has 0 saturated heterocycles. The number of aryl methyl sites for hydroxylation is 1. The molecule has 0 fully saturated rings. The van der Waals surface area contributed by atoms with E-state index in [-0.39, 0.29) is 5.91 Å². The minimum absolute atomic E-state index is 0.0748. The van der Waals surface area contributed by atoms with Crippen molar-refractivity contribution in [1.29, 1.82) is 0 Å². The third-order valence-electron chi connectivity index (χ3n) is 3.23. The second-order valence-corrected chi connectivity index (χ2v) is 5.95. The summed E-state index contributed by atoms with van der Waals surface area (Å²) >= 11 is 1.43. The van der Waals surface area contributed by atoms with E-state index in [9.17, 15) is 4.79 Å². The van der Waals surface area contributed by atoms with Crippen molar-refractivity contribution in [2.24, 2.45) is 0 Å². The third-order valence-corrected chi connectivity index (χ3v) is 4.10. The van der Waals surface area contributed by atoms with Crippen molar-refractivity contribution in [1.82, 2.24) is 0 Å². The summed E-state index contributed by atoms with van der Waals surface area (Å²) in [7, 11) is 0. The summed E-state index contributed by atoms with van der Waals surface area (Å²) in [5.74, 6) is -0.0748. The molecule has 22 heavy (non-hydrogen) atoms. The average molecular weight is 308 g/mol. The molecule has 3 nitrogen and oxygen atoms in total. The van der Waals surface area contributed by atoms with Crippen LogP contribution in [0, 0.1) is 6.92 Å². The number of amides is 1. The van der Waals surface area contributed by atoms with Crippen LogP contribution < -0.4 is 10.6 Å². The Morgan fingerprint density at radius 3 is 2.05 bits per heavy atom. The molecule has 0 spiro atoms. The summed E-state index contributed by atoms with van der Waals surface area (Å²) in [5.41, 5.74) is 4.05. The maximum atomic E-state index is 12.0. The quantitative estimate of drug-likeness (QED) is 0.708. The predicted molar refractivity (Wildman–Crippen MR) is 93.2 cm³/mol. The Hall–Kier alpha value is -2.59. The smallest absolute Gasteiger partial charge is 0.265 e. The lowest BCUT2D eigenvalue weighted by Gasteiger charge is -2.08. The van der Waals surface area contributed by atoms with Crippen molar-refractivity contribution >= 4 is 34.3 Å². The zero-order valence-corrected chi connectivity index (χ0v) is 13.0. The number of hydrogen-bond acceptors (Lipinski definition) is 3. The van der Waals surface area contributed by atoms with Gasteiger partial charge in [-0.15, -0.1) is 11.3 Å². The van der Waals surface area contributed by atoms with Crippen molar-refractivity contribution in [3.05, 3.63) is 76.5 Å². The molecule has 1 amide bonds. The summed E-state index contributed by atoms with van der Waals surface area (Å²) in [6.45, 7) is 2.06. The molecule has 0 aliphatic heterocycles. The third kappa shape index (κ3) is 3.54. The Balaban J connectivity index is 1.65. The van der Waals surface area contributed by atoms with Crippen molar-refractivity contribution in [2.75, 3.05) is 10.6 Å². The van der Waals surface area contributed by atoms with Gasteiger partial charge in [-0.1, -0.05) is 23.8 Å². The molecule has 1 aromatic heterocycles. The van der Waals surface area contributed by atoms with Gasteiger partial charge in [-0.3, -0.25) is 4.79 Å². The average Bonchev–Trinajstić information content (AvgIpc) is 3.06. The number of nitrogens with one attached hydrogen (secondary N) is 2. The lowest BCUT2D eigenvalue weighted by molar-refractivity contribution is 0.103. The van der Waals surface area contributed by atoms with Gasteiger partial charge in [-0.25, -0.2) is 0 Å². The van der Waals surface area contributed by atoms with E-state index in [1.165, 1.54) is 16.9 Å². The van der Waals surface area contributed by atoms with Gasteiger partial charge in [0.1, 0.15) is 0 Å². The zero-order chi connectivity index (χ0) is 15.4. The van der Waals surface area contributed by atoms with Crippen molar-refractivity contribution in [2.45, 2.75) is 6.92 Å². The number of benzene rings is 2. The van der Waals surface area contributed by atoms with E-state index in [2.05, 4.69) is 29.7 Å². The Kier molecular flexibility index (Phi) is 4.21. The number of anilines is 3. The maximum Gasteiger partial charge on any atom is 0.265 e. The van der Waals surface area contributed by atoms with Gasteiger partial charge >= 0.3 is 0 Å². The Labute approximate surface area is 133 Å². The second-order valence-electron chi connectivity index (χ2n) is 5.00. The molecule has 0 bridgehead atoms. The lowest BCUT2D eigenvalue weighted by Crippen LogP contribution is -2.09. The summed E-state index contributed by atoms with van der Waals surface area (Å²) in [6.07, 6.45) is 0. The van der Waals surface area contributed by atoms with E-state index in [0.29, 0.717) is 4.88 Å². The Morgan fingerprint density at radius 1 is 0.864 bits per heavy atom. The van der Waals surface area contributed by atoms with Crippen LogP contribution in [0.4, 0.5) is 17.1 Å². The molecule has 0 aliphatic carbocycles. The Bertz CT molecular complexity index is 747. The minimum atomic E-state index is -0.0748. The van der Waals surface area contributed by atoms with Crippen LogP contribution in [0.1, 0.15) is 15.2 Å². The van der Waals surface area contributed by atoms with Crippen LogP contribution in [0.25, 0.3) is 0 Å². The van der Waals surface area contributed by atoms with E-state index in [4.69, 9.17) is 0 Å². The normalized spacial score (nSPS) is 10.2. The summed E-state index contributed by atoms with van der Waals surface area (Å²) in [5, 5.41) is 8.11. The van der Waals surface area contributed by atoms with Crippen LogP contribution in [-0.2, 0) is 0 Å². The van der Waals surface area contributed by atoms with Gasteiger partial charge in [0, 0.05) is 17.1 Å². The van der Waals surface area contributed by atoms with Crippen LogP contribution in [0.2, 0.25) is 0 Å². The number of thiophene rings is 1. The van der Waals surface area contributed by atoms with Crippen LogP contribution in [0.3, 0.4) is 0 Å². The van der Waals surface area contributed by atoms with Crippen molar-refractivity contribution in [3.63, 3.8) is 0 Å². The lowest BCUT2D eigenvalue weighted by atomic mass is 10.2. The van der Waals surface area contributed by atoms with Crippen LogP contribution >= 0.6 is 11.3 Å². The fourth-order valence-electron chi connectivity index (χ4n) is 2.04. The first-order valence-corrected chi connectivity index (χ1v) is 7.87. The highest BCUT2D eigenvalue weighted by Crippen LogP contribution is 2.20. The molecular weight excluding hydrogens is 292 g/mol. The van der Waals surface area contributed by atoms with Crippen LogP contribution in [0.5, 0.6) is 0 Å². The molecule has 0 saturated carbocycles. The molecule has 0 atom stereocenters. The number of hydrogen-bond donors (Lipinski definition) is 2. The molecule has 0 aliphatic rings. The van der Waals surface area contributed by atoms with E-state index >= 15 is 0 Å². The monoisotopic (exact) mass is 308 g/mol. The SMILES string of the molecule is Cc1ccc(Nc2ccc(NC(=O)c3cccs3)cc2)cc1. The molecule has 2 N–H and O–H groups in total. The largest absolute Gasteiger partial charge is 0.356 e. The molecule has 3 rings (SSSR count). The maximum absolute atomic E-state index is 12.0. The fourth-order valence-corrected chi connectivity index (χ4v) is 2.66. The van der Waals surface area contributed by atoms with E-state index < -0.39 is 0 Å². The minimum Gasteiger partial charge on any atom is -0.356 e. The van der Waals surface area contributed by atoms with Gasteiger partial charge in [0.2, 0.25) is 0 Å². The van der Waals surface area contributed by atoms with Gasteiger partial charge in [0.15, 0.2) is 0 Å². The first kappa shape index (κ1) is 14.4. The standard InChI is InChI=1S/C18H16N2OS/c1-13-4-6-14(7-5-13)19-15-8-10-16(11-9-15)20-18(21)17-3-2-12-22-17/h2-12,19H,1H3,(H,20,21). The molecule has 1 heterocycles. The van der Waals surface area contributed by atoms with Gasteiger partial charge in [-0.2, -0.15) is 0 Å². The van der Waals surface area contributed by atoms with Gasteiger partial charge in [0.05, 0.1) is 4.88 Å². The molecule has 110 valence electrons. The molecule has 0 unspecified atom stereocenters. The summed E-state index contributed by atoms with van der Waals surface area (Å²) in [4.78, 5) is 12.7. The highest BCUT2D eigenvalue weighted by molar-refractivity contribution is 7.12. The van der Waals surface area contributed by atoms with Crippen molar-refractivity contribution < 1.29 is 4.79 Å². The van der Waals surface area contributed by atoms with Gasteiger partial charge < -0.3 is 10.6 Å².